The molecular formula is C23H27FN2O2. The zero-order chi connectivity index (χ0) is 19.6. The number of nitrogens with one attached hydrogen (secondary N) is 1. The number of benzene rings is 2. The lowest BCUT2D eigenvalue weighted by Gasteiger charge is -2.49. The quantitative estimate of drug-likeness (QED) is 0.876. The van der Waals surface area contributed by atoms with Gasteiger partial charge < -0.3 is 10.1 Å². The van der Waals surface area contributed by atoms with Crippen molar-refractivity contribution in [2.45, 2.75) is 31.7 Å². The molecule has 28 heavy (non-hydrogen) atoms. The molecule has 2 aliphatic heterocycles. The third kappa shape index (κ3) is 3.76. The minimum absolute atomic E-state index is 0.0966. The number of piperidine rings is 2. The van der Waals surface area contributed by atoms with E-state index >= 15 is 0 Å². The Morgan fingerprint density at radius 2 is 1.93 bits per heavy atom. The van der Waals surface area contributed by atoms with E-state index in [4.69, 9.17) is 4.74 Å². The van der Waals surface area contributed by atoms with E-state index in [1.54, 1.807) is 7.11 Å². The van der Waals surface area contributed by atoms with Gasteiger partial charge >= 0.3 is 0 Å². The monoisotopic (exact) mass is 382 g/mol. The first-order chi connectivity index (χ1) is 13.6. The van der Waals surface area contributed by atoms with Crippen molar-refractivity contribution in [2.75, 3.05) is 26.7 Å². The van der Waals surface area contributed by atoms with Gasteiger partial charge in [-0.2, -0.15) is 0 Å². The predicted molar refractivity (Wildman–Crippen MR) is 107 cm³/mol. The molecular weight excluding hydrogens is 355 g/mol. The van der Waals surface area contributed by atoms with Crippen LogP contribution in [-0.4, -0.2) is 37.6 Å². The van der Waals surface area contributed by atoms with Gasteiger partial charge in [-0.25, -0.2) is 4.39 Å². The van der Waals surface area contributed by atoms with Crippen LogP contribution >= 0.6 is 0 Å². The number of hydrogen-bond acceptors (Lipinski definition) is 3. The lowest BCUT2D eigenvalue weighted by atomic mass is 9.62. The first-order valence-corrected chi connectivity index (χ1v) is 9.96. The molecule has 2 aromatic carbocycles. The van der Waals surface area contributed by atoms with E-state index < -0.39 is 0 Å². The van der Waals surface area contributed by atoms with Crippen LogP contribution in [0.1, 0.15) is 36.3 Å². The fourth-order valence-electron chi connectivity index (χ4n) is 4.87. The molecule has 4 nitrogen and oxygen atoms in total. The normalized spacial score (nSPS) is 22.1. The number of halogens is 1. The second-order valence-electron chi connectivity index (χ2n) is 8.04. The summed E-state index contributed by atoms with van der Waals surface area (Å²) >= 11 is 0. The highest BCUT2D eigenvalue weighted by molar-refractivity contribution is 5.78. The lowest BCUT2D eigenvalue weighted by molar-refractivity contribution is -0.128. The van der Waals surface area contributed by atoms with Gasteiger partial charge in [0.05, 0.1) is 7.11 Å². The summed E-state index contributed by atoms with van der Waals surface area (Å²) < 4.78 is 19.2. The van der Waals surface area contributed by atoms with Gasteiger partial charge in [0.1, 0.15) is 11.6 Å². The standard InChI is InChI=1S/C23H27FN2O2/c1-28-21-13-18(24)7-8-19(21)20-15-25-22(27)14-23(20)9-11-26(12-10-23)16-17-5-3-2-4-6-17/h2-8,13,20H,9-12,14-16H2,1H3,(H,25,27). The van der Waals surface area contributed by atoms with Gasteiger partial charge in [-0.15, -0.1) is 0 Å². The molecule has 2 heterocycles. The molecule has 0 saturated carbocycles. The topological polar surface area (TPSA) is 41.6 Å². The van der Waals surface area contributed by atoms with Crippen molar-refractivity contribution < 1.29 is 13.9 Å². The minimum atomic E-state index is -0.299. The Bertz CT molecular complexity index is 832. The van der Waals surface area contributed by atoms with E-state index in [1.165, 1.54) is 17.7 Å². The van der Waals surface area contributed by atoms with Gasteiger partial charge in [-0.1, -0.05) is 36.4 Å². The molecule has 2 fully saturated rings. The molecule has 2 aliphatic rings. The summed E-state index contributed by atoms with van der Waals surface area (Å²) in [6.07, 6.45) is 2.44. The third-order valence-corrected chi connectivity index (χ3v) is 6.43. The zero-order valence-corrected chi connectivity index (χ0v) is 16.3. The van der Waals surface area contributed by atoms with Gasteiger partial charge in [0.2, 0.25) is 5.91 Å². The number of rotatable bonds is 4. The number of carbonyl (C=O) groups is 1. The smallest absolute Gasteiger partial charge is 0.220 e. The van der Waals surface area contributed by atoms with Gasteiger partial charge in [-0.05, 0) is 48.5 Å². The number of methoxy groups -OCH3 is 1. The predicted octanol–water partition coefficient (Wildman–Crippen LogP) is 3.72. The number of hydrogen-bond donors (Lipinski definition) is 1. The van der Waals surface area contributed by atoms with Crippen LogP contribution in [-0.2, 0) is 11.3 Å². The van der Waals surface area contributed by atoms with E-state index in [-0.39, 0.29) is 23.1 Å². The molecule has 1 N–H and O–H groups in total. The molecule has 148 valence electrons. The molecule has 2 aromatic rings. The van der Waals surface area contributed by atoms with Crippen molar-refractivity contribution in [3.8, 4) is 5.75 Å². The molecule has 1 spiro atoms. The van der Waals surface area contributed by atoms with Crippen LogP contribution in [0.2, 0.25) is 0 Å². The zero-order valence-electron chi connectivity index (χ0n) is 16.3. The van der Waals surface area contributed by atoms with Crippen LogP contribution in [0, 0.1) is 11.2 Å². The van der Waals surface area contributed by atoms with Crippen molar-refractivity contribution in [1.29, 1.82) is 0 Å². The number of likely N-dealkylation sites (tertiary alicyclic amines) is 1. The summed E-state index contributed by atoms with van der Waals surface area (Å²) in [5.41, 5.74) is 2.22. The van der Waals surface area contributed by atoms with Gasteiger partial charge in [0, 0.05) is 31.5 Å². The highest BCUT2D eigenvalue weighted by Crippen LogP contribution is 2.50. The fourth-order valence-corrected chi connectivity index (χ4v) is 4.87. The molecule has 1 unspecified atom stereocenters. The Labute approximate surface area is 165 Å². The Balaban J connectivity index is 1.55. The Morgan fingerprint density at radius 3 is 2.64 bits per heavy atom. The van der Waals surface area contributed by atoms with Crippen molar-refractivity contribution in [2.24, 2.45) is 5.41 Å². The second-order valence-corrected chi connectivity index (χ2v) is 8.04. The molecule has 0 aliphatic carbocycles. The Kier molecular flexibility index (Phi) is 5.36. The van der Waals surface area contributed by atoms with E-state index in [0.717, 1.165) is 38.0 Å². The van der Waals surface area contributed by atoms with E-state index in [2.05, 4.69) is 34.5 Å². The Morgan fingerprint density at radius 1 is 1.18 bits per heavy atom. The molecule has 5 heteroatoms. The maximum atomic E-state index is 13.7. The number of amides is 1. The van der Waals surface area contributed by atoms with Gasteiger partial charge in [0.25, 0.3) is 0 Å². The molecule has 0 aromatic heterocycles. The highest BCUT2D eigenvalue weighted by Gasteiger charge is 2.47. The van der Waals surface area contributed by atoms with E-state index in [0.29, 0.717) is 18.7 Å². The van der Waals surface area contributed by atoms with Crippen molar-refractivity contribution in [1.82, 2.24) is 10.2 Å². The molecule has 1 atom stereocenters. The number of nitrogens with zero attached hydrogens (tertiary/aromatic N) is 1. The minimum Gasteiger partial charge on any atom is -0.496 e. The Hall–Kier alpha value is -2.40. The van der Waals surface area contributed by atoms with Crippen LogP contribution in [0.5, 0.6) is 5.75 Å². The molecule has 0 bridgehead atoms. The summed E-state index contributed by atoms with van der Waals surface area (Å²) in [5, 5.41) is 3.02. The first kappa shape index (κ1) is 18.9. The SMILES string of the molecule is COc1cc(F)ccc1C1CNC(=O)CC12CCN(Cc1ccccc1)CC2. The van der Waals surface area contributed by atoms with Crippen LogP contribution in [0.15, 0.2) is 48.5 Å². The van der Waals surface area contributed by atoms with Crippen LogP contribution in [0.25, 0.3) is 0 Å². The average molecular weight is 382 g/mol. The fraction of sp³-hybridized carbons (Fsp3) is 0.435. The second kappa shape index (κ2) is 7.92. The maximum absolute atomic E-state index is 13.7. The number of ether oxygens (including phenoxy) is 1. The summed E-state index contributed by atoms with van der Waals surface area (Å²) in [6, 6.07) is 15.3. The van der Waals surface area contributed by atoms with Crippen molar-refractivity contribution >= 4 is 5.91 Å². The first-order valence-electron chi connectivity index (χ1n) is 9.96. The largest absolute Gasteiger partial charge is 0.496 e. The van der Waals surface area contributed by atoms with Crippen LogP contribution in [0.3, 0.4) is 0 Å². The highest BCUT2D eigenvalue weighted by atomic mass is 19.1. The van der Waals surface area contributed by atoms with Gasteiger partial charge in [-0.3, -0.25) is 9.69 Å². The number of carbonyl (C=O) groups excluding carboxylic acids is 1. The van der Waals surface area contributed by atoms with Gasteiger partial charge in [0.15, 0.2) is 0 Å². The lowest BCUT2D eigenvalue weighted by Crippen LogP contribution is -2.52. The van der Waals surface area contributed by atoms with Crippen LogP contribution in [0.4, 0.5) is 4.39 Å². The van der Waals surface area contributed by atoms with Crippen molar-refractivity contribution in [3.63, 3.8) is 0 Å². The molecule has 1 amide bonds. The molecule has 0 radical (unpaired) electrons. The van der Waals surface area contributed by atoms with Crippen LogP contribution < -0.4 is 10.1 Å². The molecule has 2 saturated heterocycles. The third-order valence-electron chi connectivity index (χ3n) is 6.43. The maximum Gasteiger partial charge on any atom is 0.220 e. The molecule has 4 rings (SSSR count). The van der Waals surface area contributed by atoms with E-state index in [9.17, 15) is 9.18 Å². The summed E-state index contributed by atoms with van der Waals surface area (Å²) in [5.74, 6) is 0.535. The van der Waals surface area contributed by atoms with E-state index in [1.807, 2.05) is 12.1 Å². The van der Waals surface area contributed by atoms with Crippen molar-refractivity contribution in [3.05, 3.63) is 65.5 Å². The average Bonchev–Trinajstić information content (AvgIpc) is 2.71. The summed E-state index contributed by atoms with van der Waals surface area (Å²) in [6.45, 7) is 3.44. The summed E-state index contributed by atoms with van der Waals surface area (Å²) in [7, 11) is 1.58. The summed E-state index contributed by atoms with van der Waals surface area (Å²) in [4.78, 5) is 14.7.